The van der Waals surface area contributed by atoms with Crippen molar-refractivity contribution in [3.63, 3.8) is 0 Å². The van der Waals surface area contributed by atoms with Gasteiger partial charge in [0.1, 0.15) is 12.3 Å². The summed E-state index contributed by atoms with van der Waals surface area (Å²) in [6.45, 7) is 5.83. The van der Waals surface area contributed by atoms with Gasteiger partial charge in [0.2, 0.25) is 23.8 Å². The van der Waals surface area contributed by atoms with Crippen LogP contribution in [0.4, 0.5) is 0 Å². The van der Waals surface area contributed by atoms with E-state index in [0.717, 1.165) is 49.8 Å². The molecule has 0 aromatic rings. The molecule has 0 bridgehead atoms. The molecule has 0 aromatic heterocycles. The molecule has 2 heterocycles. The largest absolute Gasteiger partial charge is 0.349 e. The van der Waals surface area contributed by atoms with Crippen molar-refractivity contribution in [2.75, 3.05) is 62.4 Å². The fourth-order valence-electron chi connectivity index (χ4n) is 3.10. The molecule has 0 radical (unpaired) electrons. The zero-order valence-corrected chi connectivity index (χ0v) is 19.5. The minimum atomic E-state index is -0.0399. The van der Waals surface area contributed by atoms with Gasteiger partial charge in [-0.05, 0) is 12.8 Å². The van der Waals surface area contributed by atoms with Crippen LogP contribution in [-0.2, 0) is 0 Å². The van der Waals surface area contributed by atoms with Crippen molar-refractivity contribution >= 4 is 23.8 Å². The molecule has 10 heteroatoms. The van der Waals surface area contributed by atoms with Crippen LogP contribution in [0.2, 0.25) is 0 Å². The third-order valence-electron chi connectivity index (χ3n) is 4.92. The average Bonchev–Trinajstić information content (AvgIpc) is 2.71. The zero-order chi connectivity index (χ0) is 21.7. The molecule has 0 spiro atoms. The minimum Gasteiger partial charge on any atom is -0.349 e. The van der Waals surface area contributed by atoms with Crippen LogP contribution in [0.5, 0.6) is 0 Å². The lowest BCUT2D eigenvalue weighted by Gasteiger charge is -2.37. The van der Waals surface area contributed by atoms with Gasteiger partial charge < -0.3 is 19.6 Å². The number of hydrogen-bond donors (Lipinski definition) is 1. The van der Waals surface area contributed by atoms with Gasteiger partial charge >= 0.3 is 0 Å². The quantitative estimate of drug-likeness (QED) is 0.713. The first kappa shape index (κ1) is 22.8. The van der Waals surface area contributed by atoms with Gasteiger partial charge in [-0.15, -0.1) is 0 Å². The molecule has 164 valence electrons. The van der Waals surface area contributed by atoms with Gasteiger partial charge in [-0.3, -0.25) is 10.2 Å². The smallest absolute Gasteiger partial charge is 0.205 e. The standard InChI is InChI=1S/C19H38N10/c1-10-14-20-16(25(3)4)24-17(21-14)27(7)12-13-28(8)19-23-15(11-2)22-18(26(5)6)29(19)9/h14-15H,10-13H2,1-9H3,(H,20,21,24). The first-order valence-corrected chi connectivity index (χ1v) is 10.3. The average molecular weight is 407 g/mol. The fraction of sp³-hybridized carbons (Fsp3) is 0.789. The van der Waals surface area contributed by atoms with Crippen molar-refractivity contribution in [2.45, 2.75) is 39.0 Å². The Morgan fingerprint density at radius 2 is 1.24 bits per heavy atom. The van der Waals surface area contributed by atoms with Crippen molar-refractivity contribution in [1.82, 2.24) is 29.8 Å². The highest BCUT2D eigenvalue weighted by atomic mass is 15.5. The maximum atomic E-state index is 4.83. The molecule has 0 saturated heterocycles. The van der Waals surface area contributed by atoms with Gasteiger partial charge in [-0.1, -0.05) is 13.8 Å². The molecule has 1 N–H and O–H groups in total. The SMILES string of the molecule is CCC1N=C(N(C)C)NC(N(C)CCN(C)C2=NC(CC)N=C(N(C)C)N2C)=N1. The third kappa shape index (κ3) is 5.51. The van der Waals surface area contributed by atoms with Crippen LogP contribution >= 0.6 is 0 Å². The summed E-state index contributed by atoms with van der Waals surface area (Å²) in [6, 6.07) is 0. The fourth-order valence-corrected chi connectivity index (χ4v) is 3.10. The van der Waals surface area contributed by atoms with Crippen LogP contribution in [0.25, 0.3) is 0 Å². The van der Waals surface area contributed by atoms with Crippen molar-refractivity contribution in [1.29, 1.82) is 0 Å². The van der Waals surface area contributed by atoms with Crippen LogP contribution in [0.3, 0.4) is 0 Å². The van der Waals surface area contributed by atoms with Gasteiger partial charge in [0, 0.05) is 62.4 Å². The summed E-state index contributed by atoms with van der Waals surface area (Å²) >= 11 is 0. The van der Waals surface area contributed by atoms with Crippen molar-refractivity contribution in [3.8, 4) is 0 Å². The summed E-state index contributed by atoms with van der Waals surface area (Å²) in [5.74, 6) is 3.56. The van der Waals surface area contributed by atoms with Crippen LogP contribution in [-0.4, -0.2) is 123 Å². The molecule has 2 aliphatic heterocycles. The predicted molar refractivity (Wildman–Crippen MR) is 121 cm³/mol. The third-order valence-corrected chi connectivity index (χ3v) is 4.92. The number of guanidine groups is 4. The summed E-state index contributed by atoms with van der Waals surface area (Å²) in [7, 11) is 14.1. The predicted octanol–water partition coefficient (Wildman–Crippen LogP) is 0.418. The van der Waals surface area contributed by atoms with Gasteiger partial charge in [0.25, 0.3) is 0 Å². The van der Waals surface area contributed by atoms with E-state index in [1.54, 1.807) is 0 Å². The summed E-state index contributed by atoms with van der Waals surface area (Å²) in [4.78, 5) is 29.3. The number of aliphatic imine (C=N–C) groups is 4. The van der Waals surface area contributed by atoms with Crippen molar-refractivity contribution in [3.05, 3.63) is 0 Å². The van der Waals surface area contributed by atoms with E-state index in [2.05, 4.69) is 48.1 Å². The van der Waals surface area contributed by atoms with Crippen molar-refractivity contribution in [2.24, 2.45) is 20.0 Å². The Labute approximate surface area is 175 Å². The summed E-state index contributed by atoms with van der Waals surface area (Å²) in [5.41, 5.74) is 0. The number of nitrogens with one attached hydrogen (secondary N) is 1. The molecule has 10 nitrogen and oxygen atoms in total. The molecule has 0 amide bonds. The van der Waals surface area contributed by atoms with Crippen LogP contribution in [0.15, 0.2) is 20.0 Å². The Kier molecular flexibility index (Phi) is 7.69. The number of likely N-dealkylation sites (N-methyl/N-ethyl adjacent to an activating group) is 2. The molecular weight excluding hydrogens is 368 g/mol. The normalized spacial score (nSPS) is 21.5. The summed E-state index contributed by atoms with van der Waals surface area (Å²) in [6.07, 6.45) is 1.69. The topological polar surface area (TPSA) is 77.7 Å². The highest BCUT2D eigenvalue weighted by Crippen LogP contribution is 2.13. The van der Waals surface area contributed by atoms with E-state index >= 15 is 0 Å². The maximum Gasteiger partial charge on any atom is 0.205 e. The molecule has 2 unspecified atom stereocenters. The Bertz CT molecular complexity index is 678. The number of nitrogens with zero attached hydrogens (tertiary/aromatic N) is 9. The highest BCUT2D eigenvalue weighted by molar-refractivity contribution is 6.00. The first-order chi connectivity index (χ1) is 13.7. The Morgan fingerprint density at radius 3 is 1.79 bits per heavy atom. The highest BCUT2D eigenvalue weighted by Gasteiger charge is 2.26. The molecule has 2 atom stereocenters. The van der Waals surface area contributed by atoms with Crippen molar-refractivity contribution < 1.29 is 0 Å². The second kappa shape index (κ2) is 9.80. The van der Waals surface area contributed by atoms with Crippen LogP contribution in [0.1, 0.15) is 26.7 Å². The minimum absolute atomic E-state index is 0.0349. The second-order valence-corrected chi connectivity index (χ2v) is 7.86. The maximum absolute atomic E-state index is 4.83. The van der Waals surface area contributed by atoms with E-state index in [4.69, 9.17) is 15.0 Å². The molecule has 0 saturated carbocycles. The number of rotatable bonds is 5. The molecule has 2 aliphatic rings. The van der Waals surface area contributed by atoms with Crippen LogP contribution < -0.4 is 5.32 Å². The monoisotopic (exact) mass is 406 g/mol. The molecular formula is C19H38N10. The Morgan fingerprint density at radius 1 is 0.724 bits per heavy atom. The molecule has 0 aliphatic carbocycles. The lowest BCUT2D eigenvalue weighted by atomic mass is 10.3. The summed E-state index contributed by atoms with van der Waals surface area (Å²) < 4.78 is 0. The van der Waals surface area contributed by atoms with Gasteiger partial charge in [-0.25, -0.2) is 20.0 Å². The van der Waals surface area contributed by atoms with Gasteiger partial charge in [0.15, 0.2) is 0 Å². The van der Waals surface area contributed by atoms with Gasteiger partial charge in [0.05, 0.1) is 0 Å². The molecule has 29 heavy (non-hydrogen) atoms. The van der Waals surface area contributed by atoms with E-state index in [1.165, 1.54) is 0 Å². The van der Waals surface area contributed by atoms with E-state index < -0.39 is 0 Å². The Hall–Kier alpha value is -2.52. The Balaban J connectivity index is 2.03. The molecule has 0 aromatic carbocycles. The lowest BCUT2D eigenvalue weighted by Crippen LogP contribution is -2.54. The molecule has 2 rings (SSSR count). The zero-order valence-electron chi connectivity index (χ0n) is 19.5. The number of hydrogen-bond acceptors (Lipinski definition) is 10. The molecule has 0 fully saturated rings. The van der Waals surface area contributed by atoms with E-state index in [1.807, 2.05) is 49.9 Å². The second-order valence-electron chi connectivity index (χ2n) is 7.86. The van der Waals surface area contributed by atoms with E-state index in [0.29, 0.717) is 0 Å². The van der Waals surface area contributed by atoms with E-state index in [9.17, 15) is 0 Å². The summed E-state index contributed by atoms with van der Waals surface area (Å²) in [5, 5.41) is 3.33. The lowest BCUT2D eigenvalue weighted by molar-refractivity contribution is 0.364. The van der Waals surface area contributed by atoms with E-state index in [-0.39, 0.29) is 12.3 Å². The van der Waals surface area contributed by atoms with Gasteiger partial charge in [-0.2, -0.15) is 0 Å². The van der Waals surface area contributed by atoms with Crippen LogP contribution in [0, 0.1) is 0 Å². The first-order valence-electron chi connectivity index (χ1n) is 10.3.